The number of carbonyl (C=O) groups is 4. The molecule has 0 aliphatic carbocycles. The standard InChI is InChI=1S/C24H24N2O6S2/c1-2-32-22(29)16-8-10-17(11-9-16)34-24(23(30)31)13-26-20(28)19(21(26)33-14-24)25-18(27)12-15-6-4-3-5-7-15/h3-11,19,21H,2,12-14H2,1H3,(H,25,27)(H,30,31)/t19-,21-,24?/m1/s1. The molecule has 0 spiro atoms. The molecule has 178 valence electrons. The Hall–Kier alpha value is -2.98. The smallest absolute Gasteiger partial charge is 0.338 e. The molecule has 2 N–H and O–H groups in total. The summed E-state index contributed by atoms with van der Waals surface area (Å²) in [6.07, 6.45) is 0.179. The van der Waals surface area contributed by atoms with Gasteiger partial charge >= 0.3 is 11.9 Å². The maximum Gasteiger partial charge on any atom is 0.338 e. The number of nitrogens with one attached hydrogen (secondary N) is 1. The summed E-state index contributed by atoms with van der Waals surface area (Å²) >= 11 is 2.52. The van der Waals surface area contributed by atoms with Crippen LogP contribution in [0.4, 0.5) is 0 Å². The number of carbonyl (C=O) groups excluding carboxylic acids is 3. The molecule has 4 rings (SSSR count). The fraction of sp³-hybridized carbons (Fsp3) is 0.333. The molecular weight excluding hydrogens is 476 g/mol. The second-order valence-electron chi connectivity index (χ2n) is 8.02. The quantitative estimate of drug-likeness (QED) is 0.420. The lowest BCUT2D eigenvalue weighted by atomic mass is 10.0. The Kier molecular flexibility index (Phi) is 7.18. The number of ether oxygens (including phenoxy) is 1. The topological polar surface area (TPSA) is 113 Å². The van der Waals surface area contributed by atoms with E-state index in [1.807, 2.05) is 30.3 Å². The van der Waals surface area contributed by atoms with E-state index in [4.69, 9.17) is 4.74 Å². The van der Waals surface area contributed by atoms with Crippen LogP contribution >= 0.6 is 23.5 Å². The summed E-state index contributed by atoms with van der Waals surface area (Å²) in [6, 6.07) is 15.2. The maximum absolute atomic E-state index is 12.8. The molecule has 2 aliphatic heterocycles. The first-order chi connectivity index (χ1) is 16.3. The summed E-state index contributed by atoms with van der Waals surface area (Å²) in [4.78, 5) is 51.5. The number of thioether (sulfide) groups is 2. The van der Waals surface area contributed by atoms with Gasteiger partial charge in [-0.3, -0.25) is 14.4 Å². The SMILES string of the molecule is CCOC(=O)c1ccc(SC2(C(=O)O)CS[C@@H]3[C@H](NC(=O)Cc4ccccc4)C(=O)N3C2)cc1. The van der Waals surface area contributed by atoms with Crippen molar-refractivity contribution in [1.29, 1.82) is 0 Å². The van der Waals surface area contributed by atoms with Crippen molar-refractivity contribution in [1.82, 2.24) is 10.2 Å². The molecule has 0 bridgehead atoms. The van der Waals surface area contributed by atoms with Crippen molar-refractivity contribution >= 4 is 47.3 Å². The van der Waals surface area contributed by atoms with Crippen molar-refractivity contribution < 1.29 is 29.0 Å². The molecule has 0 aromatic heterocycles. The van der Waals surface area contributed by atoms with Crippen molar-refractivity contribution in [3.05, 3.63) is 65.7 Å². The first-order valence-corrected chi connectivity index (χ1v) is 12.6. The molecule has 0 saturated carbocycles. The van der Waals surface area contributed by atoms with Crippen LogP contribution in [0, 0.1) is 0 Å². The number of nitrogens with zero attached hydrogens (tertiary/aromatic N) is 1. The van der Waals surface area contributed by atoms with Crippen molar-refractivity contribution in [3.63, 3.8) is 0 Å². The Labute approximate surface area is 205 Å². The molecule has 0 radical (unpaired) electrons. The van der Waals surface area contributed by atoms with Gasteiger partial charge < -0.3 is 20.1 Å². The lowest BCUT2D eigenvalue weighted by Crippen LogP contribution is -2.74. The van der Waals surface area contributed by atoms with Crippen LogP contribution in [0.1, 0.15) is 22.8 Å². The second kappa shape index (κ2) is 10.1. The lowest BCUT2D eigenvalue weighted by Gasteiger charge is -2.53. The number of carboxylic acids is 1. The number of hydrogen-bond donors (Lipinski definition) is 2. The Morgan fingerprint density at radius 1 is 1.18 bits per heavy atom. The van der Waals surface area contributed by atoms with E-state index >= 15 is 0 Å². The van der Waals surface area contributed by atoms with Crippen molar-refractivity contribution in [2.45, 2.75) is 34.4 Å². The first kappa shape index (κ1) is 24.2. The van der Waals surface area contributed by atoms with Crippen molar-refractivity contribution in [2.75, 3.05) is 18.9 Å². The zero-order valence-corrected chi connectivity index (χ0v) is 20.1. The van der Waals surface area contributed by atoms with Gasteiger partial charge in [0.25, 0.3) is 0 Å². The zero-order valence-electron chi connectivity index (χ0n) is 18.4. The highest BCUT2D eigenvalue weighted by molar-refractivity contribution is 8.05. The third-order valence-corrected chi connectivity index (χ3v) is 8.70. The summed E-state index contributed by atoms with van der Waals surface area (Å²) in [7, 11) is 0. The molecule has 2 saturated heterocycles. The summed E-state index contributed by atoms with van der Waals surface area (Å²) in [6.45, 7) is 2.03. The predicted octanol–water partition coefficient (Wildman–Crippen LogP) is 2.42. The van der Waals surface area contributed by atoms with E-state index in [9.17, 15) is 24.3 Å². The van der Waals surface area contributed by atoms with Crippen LogP contribution in [0.25, 0.3) is 0 Å². The van der Waals surface area contributed by atoms with E-state index in [2.05, 4.69) is 5.32 Å². The number of amides is 2. The molecule has 34 heavy (non-hydrogen) atoms. The van der Waals surface area contributed by atoms with E-state index in [0.717, 1.165) is 17.3 Å². The number of carboxylic acid groups (broad SMARTS) is 1. The highest BCUT2D eigenvalue weighted by Gasteiger charge is 2.57. The van der Waals surface area contributed by atoms with Crippen LogP contribution < -0.4 is 5.32 Å². The second-order valence-corrected chi connectivity index (χ2v) is 10.6. The fourth-order valence-electron chi connectivity index (χ4n) is 3.89. The molecule has 2 amide bonds. The largest absolute Gasteiger partial charge is 0.480 e. The third kappa shape index (κ3) is 4.92. The van der Waals surface area contributed by atoms with E-state index < -0.39 is 22.7 Å². The van der Waals surface area contributed by atoms with Gasteiger partial charge in [0.1, 0.15) is 16.2 Å². The van der Waals surface area contributed by atoms with Gasteiger partial charge in [-0.15, -0.1) is 23.5 Å². The van der Waals surface area contributed by atoms with Crippen LogP contribution in [0.5, 0.6) is 0 Å². The lowest BCUT2D eigenvalue weighted by molar-refractivity contribution is -0.152. The summed E-state index contributed by atoms with van der Waals surface area (Å²) < 4.78 is 3.74. The number of fused-ring (bicyclic) bond motifs is 1. The molecule has 2 aromatic rings. The monoisotopic (exact) mass is 500 g/mol. The zero-order chi connectivity index (χ0) is 24.3. The third-order valence-electron chi connectivity index (χ3n) is 5.65. The van der Waals surface area contributed by atoms with Crippen LogP contribution in [0.15, 0.2) is 59.5 Å². The molecule has 3 atom stereocenters. The van der Waals surface area contributed by atoms with Crippen molar-refractivity contribution in [3.8, 4) is 0 Å². The Morgan fingerprint density at radius 3 is 2.53 bits per heavy atom. The first-order valence-electron chi connectivity index (χ1n) is 10.8. The van der Waals surface area contributed by atoms with E-state index in [1.54, 1.807) is 31.2 Å². The number of hydrogen-bond acceptors (Lipinski definition) is 7. The van der Waals surface area contributed by atoms with Crippen LogP contribution in [-0.4, -0.2) is 68.8 Å². The molecule has 1 unspecified atom stereocenters. The Bertz CT molecular complexity index is 1090. The van der Waals surface area contributed by atoms with Crippen LogP contribution in [0.3, 0.4) is 0 Å². The predicted molar refractivity (Wildman–Crippen MR) is 129 cm³/mol. The number of aliphatic carboxylic acids is 1. The molecule has 2 aliphatic rings. The fourth-order valence-corrected chi connectivity index (χ4v) is 6.74. The van der Waals surface area contributed by atoms with Gasteiger partial charge in [0.15, 0.2) is 0 Å². The van der Waals surface area contributed by atoms with Gasteiger partial charge in [-0.05, 0) is 36.8 Å². The van der Waals surface area contributed by atoms with Gasteiger partial charge in [0.05, 0.1) is 18.6 Å². The van der Waals surface area contributed by atoms with Gasteiger partial charge in [-0.1, -0.05) is 30.3 Å². The Balaban J connectivity index is 1.39. The average Bonchev–Trinajstić information content (AvgIpc) is 2.83. The highest BCUT2D eigenvalue weighted by Crippen LogP contribution is 2.46. The molecule has 2 aromatic carbocycles. The Morgan fingerprint density at radius 2 is 1.88 bits per heavy atom. The number of benzene rings is 2. The molecule has 2 fully saturated rings. The number of rotatable bonds is 8. The van der Waals surface area contributed by atoms with Crippen LogP contribution in [0.2, 0.25) is 0 Å². The minimum absolute atomic E-state index is 0.0359. The summed E-state index contributed by atoms with van der Waals surface area (Å²) in [5.74, 6) is -1.69. The van der Waals surface area contributed by atoms with Crippen LogP contribution in [-0.2, 0) is 25.5 Å². The van der Waals surface area contributed by atoms with Crippen molar-refractivity contribution in [2.24, 2.45) is 0 Å². The van der Waals surface area contributed by atoms with E-state index in [-0.39, 0.29) is 42.5 Å². The van der Waals surface area contributed by atoms with E-state index in [0.29, 0.717) is 10.5 Å². The molecular formula is C24H24N2O6S2. The number of esters is 1. The van der Waals surface area contributed by atoms with Gasteiger partial charge in [0.2, 0.25) is 11.8 Å². The van der Waals surface area contributed by atoms with E-state index in [1.165, 1.54) is 16.7 Å². The van der Waals surface area contributed by atoms with Gasteiger partial charge in [0, 0.05) is 17.2 Å². The summed E-state index contributed by atoms with van der Waals surface area (Å²) in [5.41, 5.74) is 1.25. The van der Waals surface area contributed by atoms with Gasteiger partial charge in [-0.2, -0.15) is 0 Å². The van der Waals surface area contributed by atoms with Gasteiger partial charge in [-0.25, -0.2) is 4.79 Å². The number of β-lactam (4-membered cyclic amide) rings is 1. The minimum atomic E-state index is -1.23. The average molecular weight is 501 g/mol. The highest BCUT2D eigenvalue weighted by atomic mass is 32.2. The maximum atomic E-state index is 12.8. The summed E-state index contributed by atoms with van der Waals surface area (Å²) in [5, 5.41) is 12.5. The minimum Gasteiger partial charge on any atom is -0.480 e. The molecule has 2 heterocycles. The molecule has 8 nitrogen and oxygen atoms in total. The molecule has 10 heteroatoms. The normalized spacial score (nSPS) is 23.4.